The van der Waals surface area contributed by atoms with Crippen molar-refractivity contribution in [1.82, 2.24) is 4.57 Å². The van der Waals surface area contributed by atoms with Gasteiger partial charge in [0.1, 0.15) is 17.2 Å². The van der Waals surface area contributed by atoms with Crippen LogP contribution in [0.25, 0.3) is 10.9 Å². The fourth-order valence-electron chi connectivity index (χ4n) is 4.88. The SMILES string of the molecule is O=C(c1ccc(OCCCCl)cc1)c1cn(CC2CCCC2)c2ccc(Oc3ccc(Cl)cc3)cc12. The Morgan fingerprint density at radius 3 is 2.33 bits per heavy atom. The summed E-state index contributed by atoms with van der Waals surface area (Å²) in [6, 6.07) is 20.6. The highest BCUT2D eigenvalue weighted by Gasteiger charge is 2.21. The van der Waals surface area contributed by atoms with E-state index in [-0.39, 0.29) is 5.78 Å². The second kappa shape index (κ2) is 11.4. The molecule has 1 aliphatic carbocycles. The molecule has 0 radical (unpaired) electrons. The molecule has 1 aliphatic rings. The Morgan fingerprint density at radius 2 is 1.61 bits per heavy atom. The molecule has 5 rings (SSSR count). The Labute approximate surface area is 221 Å². The summed E-state index contributed by atoms with van der Waals surface area (Å²) in [5, 5.41) is 1.55. The first-order valence-corrected chi connectivity index (χ1v) is 13.4. The molecule has 0 atom stereocenters. The lowest BCUT2D eigenvalue weighted by molar-refractivity contribution is 0.104. The Kier molecular flexibility index (Phi) is 7.84. The Balaban J connectivity index is 1.46. The fourth-order valence-corrected chi connectivity index (χ4v) is 5.12. The van der Waals surface area contributed by atoms with Crippen LogP contribution in [0.15, 0.2) is 72.9 Å². The first-order chi connectivity index (χ1) is 17.6. The van der Waals surface area contributed by atoms with Crippen LogP contribution in [-0.4, -0.2) is 22.8 Å². The minimum atomic E-state index is -0.0128. The number of ketones is 1. The Bertz CT molecular complexity index is 1320. The molecule has 3 aromatic carbocycles. The summed E-state index contributed by atoms with van der Waals surface area (Å²) in [5.41, 5.74) is 2.36. The summed E-state index contributed by atoms with van der Waals surface area (Å²) in [6.07, 6.45) is 7.85. The number of rotatable bonds is 10. The zero-order valence-electron chi connectivity index (χ0n) is 20.1. The molecule has 6 heteroatoms. The minimum absolute atomic E-state index is 0.0128. The van der Waals surface area contributed by atoms with Gasteiger partial charge in [0.05, 0.1) is 6.61 Å². The number of ether oxygens (including phenoxy) is 2. The number of hydrogen-bond donors (Lipinski definition) is 0. The van der Waals surface area contributed by atoms with Crippen molar-refractivity contribution in [3.05, 3.63) is 89.1 Å². The van der Waals surface area contributed by atoms with Gasteiger partial charge in [-0.2, -0.15) is 0 Å². The molecule has 1 saturated carbocycles. The molecule has 4 nitrogen and oxygen atoms in total. The number of benzene rings is 3. The summed E-state index contributed by atoms with van der Waals surface area (Å²) in [4.78, 5) is 13.7. The van der Waals surface area contributed by atoms with E-state index in [1.807, 2.05) is 54.7 Å². The molecule has 1 heterocycles. The molecular weight excluding hydrogens is 493 g/mol. The van der Waals surface area contributed by atoms with Gasteiger partial charge in [0.25, 0.3) is 0 Å². The van der Waals surface area contributed by atoms with Crippen LogP contribution in [0.2, 0.25) is 5.02 Å². The van der Waals surface area contributed by atoms with Crippen LogP contribution in [-0.2, 0) is 6.54 Å². The van der Waals surface area contributed by atoms with E-state index in [9.17, 15) is 4.79 Å². The van der Waals surface area contributed by atoms with Gasteiger partial charge in [-0.25, -0.2) is 0 Å². The van der Waals surface area contributed by atoms with Gasteiger partial charge in [0.15, 0.2) is 5.78 Å². The van der Waals surface area contributed by atoms with Gasteiger partial charge in [0, 0.05) is 45.7 Å². The van der Waals surface area contributed by atoms with Gasteiger partial charge in [-0.3, -0.25) is 4.79 Å². The maximum atomic E-state index is 13.7. The lowest BCUT2D eigenvalue weighted by Crippen LogP contribution is -2.06. The van der Waals surface area contributed by atoms with Crippen LogP contribution in [0.4, 0.5) is 0 Å². The smallest absolute Gasteiger partial charge is 0.195 e. The summed E-state index contributed by atoms with van der Waals surface area (Å²) >= 11 is 11.7. The molecule has 1 aromatic heterocycles. The third-order valence-electron chi connectivity index (χ3n) is 6.74. The van der Waals surface area contributed by atoms with E-state index in [1.54, 1.807) is 12.1 Å². The molecular formula is C30H29Cl2NO3. The molecule has 186 valence electrons. The average Bonchev–Trinajstić information content (AvgIpc) is 3.54. The minimum Gasteiger partial charge on any atom is -0.494 e. The van der Waals surface area contributed by atoms with Crippen LogP contribution in [0.3, 0.4) is 0 Å². The highest BCUT2D eigenvalue weighted by atomic mass is 35.5. The molecule has 1 fully saturated rings. The molecule has 0 amide bonds. The molecule has 0 spiro atoms. The highest BCUT2D eigenvalue weighted by Crippen LogP contribution is 2.33. The second-order valence-electron chi connectivity index (χ2n) is 9.33. The summed E-state index contributed by atoms with van der Waals surface area (Å²) < 4.78 is 14.0. The van der Waals surface area contributed by atoms with Gasteiger partial charge >= 0.3 is 0 Å². The van der Waals surface area contributed by atoms with Crippen molar-refractivity contribution in [2.45, 2.75) is 38.6 Å². The molecule has 0 aliphatic heterocycles. The summed E-state index contributed by atoms with van der Waals surface area (Å²) in [6.45, 7) is 1.48. The van der Waals surface area contributed by atoms with Crippen LogP contribution in [0.5, 0.6) is 17.2 Å². The topological polar surface area (TPSA) is 40.5 Å². The number of carbonyl (C=O) groups excluding carboxylic acids is 1. The number of fused-ring (bicyclic) bond motifs is 1. The van der Waals surface area contributed by atoms with Crippen molar-refractivity contribution in [2.75, 3.05) is 12.5 Å². The Morgan fingerprint density at radius 1 is 0.917 bits per heavy atom. The third-order valence-corrected chi connectivity index (χ3v) is 7.26. The number of carbonyl (C=O) groups is 1. The molecule has 0 N–H and O–H groups in total. The maximum absolute atomic E-state index is 13.7. The number of aromatic nitrogens is 1. The lowest BCUT2D eigenvalue weighted by atomic mass is 10.0. The second-order valence-corrected chi connectivity index (χ2v) is 10.1. The zero-order chi connectivity index (χ0) is 24.9. The van der Waals surface area contributed by atoms with Crippen molar-refractivity contribution >= 4 is 39.9 Å². The standard InChI is InChI=1S/C30H29Cl2NO3/c31-16-3-17-35-24-10-6-22(7-11-24)30(34)28-20-33(19-21-4-1-2-5-21)29-15-14-26(18-27(28)29)36-25-12-8-23(32)9-13-25/h6-15,18,20-21H,1-5,16-17,19H2. The highest BCUT2D eigenvalue weighted by molar-refractivity contribution is 6.30. The molecule has 0 bridgehead atoms. The normalized spacial score (nSPS) is 13.8. The van der Waals surface area contributed by atoms with Gasteiger partial charge in [0.2, 0.25) is 0 Å². The lowest BCUT2D eigenvalue weighted by Gasteiger charge is -2.12. The largest absolute Gasteiger partial charge is 0.494 e. The average molecular weight is 522 g/mol. The van der Waals surface area contributed by atoms with Crippen LogP contribution in [0.1, 0.15) is 48.0 Å². The number of hydrogen-bond acceptors (Lipinski definition) is 3. The molecule has 4 aromatic rings. The van der Waals surface area contributed by atoms with Gasteiger partial charge in [-0.15, -0.1) is 11.6 Å². The van der Waals surface area contributed by atoms with Crippen LogP contribution in [0, 0.1) is 5.92 Å². The van der Waals surface area contributed by atoms with Crippen molar-refractivity contribution in [2.24, 2.45) is 5.92 Å². The zero-order valence-corrected chi connectivity index (χ0v) is 21.6. The number of halogens is 2. The monoisotopic (exact) mass is 521 g/mol. The van der Waals surface area contributed by atoms with Gasteiger partial charge in [-0.05, 0) is 91.9 Å². The molecule has 0 saturated heterocycles. The first-order valence-electron chi connectivity index (χ1n) is 12.5. The van der Waals surface area contributed by atoms with E-state index in [0.717, 1.165) is 29.6 Å². The fraction of sp³-hybridized carbons (Fsp3) is 0.300. The van der Waals surface area contributed by atoms with Gasteiger partial charge in [-0.1, -0.05) is 24.4 Å². The van der Waals surface area contributed by atoms with E-state index < -0.39 is 0 Å². The summed E-state index contributed by atoms with van der Waals surface area (Å²) in [5.74, 6) is 3.31. The van der Waals surface area contributed by atoms with Crippen LogP contribution >= 0.6 is 23.2 Å². The third kappa shape index (κ3) is 5.71. The van der Waals surface area contributed by atoms with E-state index in [0.29, 0.717) is 46.1 Å². The van der Waals surface area contributed by atoms with Crippen molar-refractivity contribution in [1.29, 1.82) is 0 Å². The maximum Gasteiger partial charge on any atom is 0.195 e. The van der Waals surface area contributed by atoms with Crippen molar-refractivity contribution < 1.29 is 14.3 Å². The quantitative estimate of drug-likeness (QED) is 0.119. The summed E-state index contributed by atoms with van der Waals surface area (Å²) in [7, 11) is 0. The number of nitrogens with zero attached hydrogens (tertiary/aromatic N) is 1. The predicted molar refractivity (Wildman–Crippen MR) is 146 cm³/mol. The number of alkyl halides is 1. The van der Waals surface area contributed by atoms with Crippen LogP contribution < -0.4 is 9.47 Å². The van der Waals surface area contributed by atoms with E-state index in [1.165, 1.54) is 25.7 Å². The molecule has 0 unspecified atom stereocenters. The van der Waals surface area contributed by atoms with E-state index in [2.05, 4.69) is 10.6 Å². The molecule has 36 heavy (non-hydrogen) atoms. The van der Waals surface area contributed by atoms with Gasteiger partial charge < -0.3 is 14.0 Å². The van der Waals surface area contributed by atoms with Crippen molar-refractivity contribution in [3.8, 4) is 17.2 Å². The van der Waals surface area contributed by atoms with Crippen molar-refractivity contribution in [3.63, 3.8) is 0 Å². The Hall–Kier alpha value is -2.95. The predicted octanol–water partition coefficient (Wildman–Crippen LogP) is 8.52. The van der Waals surface area contributed by atoms with E-state index in [4.69, 9.17) is 32.7 Å². The first kappa shape index (κ1) is 24.7. The van der Waals surface area contributed by atoms with E-state index >= 15 is 0 Å².